The molecule has 2 aromatic rings. The van der Waals surface area contributed by atoms with Gasteiger partial charge in [0.05, 0.1) is 6.61 Å². The Labute approximate surface area is 99.7 Å². The standard InChI is InChI=1S/C14H13NO2/c1-2-17-14(16)8-7-12-10-15-9-11-5-3-4-6-13(11)12/h3-10H,2H2,1H3/b8-7+. The number of hydrogen-bond acceptors (Lipinski definition) is 3. The maximum Gasteiger partial charge on any atom is 0.330 e. The van der Waals surface area contributed by atoms with Crippen LogP contribution in [0.4, 0.5) is 0 Å². The van der Waals surface area contributed by atoms with Crippen LogP contribution in [0.5, 0.6) is 0 Å². The van der Waals surface area contributed by atoms with Gasteiger partial charge in [-0.3, -0.25) is 4.98 Å². The second-order valence-corrected chi connectivity index (χ2v) is 3.54. The lowest BCUT2D eigenvalue weighted by atomic mass is 10.1. The number of aromatic nitrogens is 1. The van der Waals surface area contributed by atoms with Gasteiger partial charge in [0.25, 0.3) is 0 Å². The molecule has 0 unspecified atom stereocenters. The normalized spacial score (nSPS) is 10.9. The molecule has 1 heterocycles. The van der Waals surface area contributed by atoms with Crippen molar-refractivity contribution in [2.24, 2.45) is 0 Å². The Morgan fingerprint density at radius 2 is 2.18 bits per heavy atom. The number of esters is 1. The Balaban J connectivity index is 2.33. The minimum Gasteiger partial charge on any atom is -0.463 e. The molecule has 2 rings (SSSR count). The zero-order valence-electron chi connectivity index (χ0n) is 9.59. The molecule has 1 aromatic heterocycles. The molecule has 0 saturated heterocycles. The fourth-order valence-corrected chi connectivity index (χ4v) is 1.62. The van der Waals surface area contributed by atoms with E-state index in [0.29, 0.717) is 6.61 Å². The van der Waals surface area contributed by atoms with Crippen molar-refractivity contribution < 1.29 is 9.53 Å². The predicted octanol–water partition coefficient (Wildman–Crippen LogP) is 2.81. The van der Waals surface area contributed by atoms with Gasteiger partial charge in [-0.2, -0.15) is 0 Å². The lowest BCUT2D eigenvalue weighted by molar-refractivity contribution is -0.137. The molecule has 3 nitrogen and oxygen atoms in total. The van der Waals surface area contributed by atoms with Gasteiger partial charge in [-0.25, -0.2) is 4.79 Å². The fraction of sp³-hybridized carbons (Fsp3) is 0.143. The first-order valence-corrected chi connectivity index (χ1v) is 5.49. The van der Waals surface area contributed by atoms with Crippen LogP contribution < -0.4 is 0 Å². The Morgan fingerprint density at radius 3 is 3.00 bits per heavy atom. The number of ether oxygens (including phenoxy) is 1. The molecule has 0 fully saturated rings. The van der Waals surface area contributed by atoms with Crippen molar-refractivity contribution >= 4 is 22.8 Å². The molecule has 0 bridgehead atoms. The number of benzene rings is 1. The highest BCUT2D eigenvalue weighted by atomic mass is 16.5. The molecule has 0 amide bonds. The van der Waals surface area contributed by atoms with Gasteiger partial charge in [0.1, 0.15) is 0 Å². The number of hydrogen-bond donors (Lipinski definition) is 0. The summed E-state index contributed by atoms with van der Waals surface area (Å²) in [5.41, 5.74) is 0.913. The molecule has 0 spiro atoms. The molecule has 3 heteroatoms. The van der Waals surface area contributed by atoms with Crippen LogP contribution in [0.15, 0.2) is 42.7 Å². The molecule has 17 heavy (non-hydrogen) atoms. The lowest BCUT2D eigenvalue weighted by Gasteiger charge is -2.00. The highest BCUT2D eigenvalue weighted by Crippen LogP contribution is 2.17. The lowest BCUT2D eigenvalue weighted by Crippen LogP contribution is -1.98. The van der Waals surface area contributed by atoms with Gasteiger partial charge in [-0.1, -0.05) is 24.3 Å². The van der Waals surface area contributed by atoms with E-state index in [-0.39, 0.29) is 5.97 Å². The highest BCUT2D eigenvalue weighted by molar-refractivity contribution is 5.94. The Hall–Kier alpha value is -2.16. The van der Waals surface area contributed by atoms with Crippen LogP contribution >= 0.6 is 0 Å². The second kappa shape index (κ2) is 5.25. The molecule has 0 N–H and O–H groups in total. The summed E-state index contributed by atoms with van der Waals surface area (Å²) >= 11 is 0. The molecule has 0 atom stereocenters. The van der Waals surface area contributed by atoms with Crippen LogP contribution in [0.1, 0.15) is 12.5 Å². The van der Waals surface area contributed by atoms with Gasteiger partial charge in [0, 0.05) is 29.4 Å². The maximum absolute atomic E-state index is 11.2. The van der Waals surface area contributed by atoms with Crippen molar-refractivity contribution in [1.82, 2.24) is 4.98 Å². The molecule has 86 valence electrons. The van der Waals surface area contributed by atoms with E-state index in [9.17, 15) is 4.79 Å². The average molecular weight is 227 g/mol. The summed E-state index contributed by atoms with van der Waals surface area (Å²) in [5, 5.41) is 2.13. The van der Waals surface area contributed by atoms with E-state index in [2.05, 4.69) is 4.98 Å². The van der Waals surface area contributed by atoms with Crippen LogP contribution in [0, 0.1) is 0 Å². The van der Waals surface area contributed by atoms with Crippen molar-refractivity contribution in [2.75, 3.05) is 6.61 Å². The number of fused-ring (bicyclic) bond motifs is 1. The quantitative estimate of drug-likeness (QED) is 0.598. The number of nitrogens with zero attached hydrogens (tertiary/aromatic N) is 1. The smallest absolute Gasteiger partial charge is 0.330 e. The number of carbonyl (C=O) groups excluding carboxylic acids is 1. The minimum absolute atomic E-state index is 0.333. The van der Waals surface area contributed by atoms with E-state index in [0.717, 1.165) is 16.3 Å². The van der Waals surface area contributed by atoms with E-state index in [4.69, 9.17) is 4.74 Å². The van der Waals surface area contributed by atoms with Gasteiger partial charge in [0.2, 0.25) is 0 Å². The van der Waals surface area contributed by atoms with Gasteiger partial charge < -0.3 is 4.74 Å². The van der Waals surface area contributed by atoms with Crippen LogP contribution in [0.3, 0.4) is 0 Å². The van der Waals surface area contributed by atoms with Gasteiger partial charge in [-0.05, 0) is 18.4 Å². The Morgan fingerprint density at radius 1 is 1.35 bits per heavy atom. The Bertz CT molecular complexity index is 556. The molecule has 0 saturated carbocycles. The predicted molar refractivity (Wildman–Crippen MR) is 67.4 cm³/mol. The zero-order valence-corrected chi connectivity index (χ0v) is 9.59. The molecule has 0 aliphatic carbocycles. The maximum atomic E-state index is 11.2. The van der Waals surface area contributed by atoms with Crippen LogP contribution in [0.25, 0.3) is 16.8 Å². The first kappa shape index (κ1) is 11.3. The average Bonchev–Trinajstić information content (AvgIpc) is 2.36. The van der Waals surface area contributed by atoms with Crippen molar-refractivity contribution in [3.8, 4) is 0 Å². The summed E-state index contributed by atoms with van der Waals surface area (Å²) < 4.78 is 4.83. The fourth-order valence-electron chi connectivity index (χ4n) is 1.62. The largest absolute Gasteiger partial charge is 0.463 e. The SMILES string of the molecule is CCOC(=O)/C=C/c1cncc2ccccc12. The van der Waals surface area contributed by atoms with E-state index in [1.54, 1.807) is 25.4 Å². The zero-order chi connectivity index (χ0) is 12.1. The van der Waals surface area contributed by atoms with Crippen molar-refractivity contribution in [3.63, 3.8) is 0 Å². The third-order valence-corrected chi connectivity index (χ3v) is 2.38. The third kappa shape index (κ3) is 2.69. The van der Waals surface area contributed by atoms with Gasteiger partial charge in [-0.15, -0.1) is 0 Å². The summed E-state index contributed by atoms with van der Waals surface area (Å²) in [6.07, 6.45) is 6.69. The number of pyridine rings is 1. The van der Waals surface area contributed by atoms with Crippen LogP contribution in [0.2, 0.25) is 0 Å². The van der Waals surface area contributed by atoms with E-state index < -0.39 is 0 Å². The molecule has 0 radical (unpaired) electrons. The summed E-state index contributed by atoms with van der Waals surface area (Å²) in [6.45, 7) is 2.17. The number of rotatable bonds is 3. The molecule has 0 aliphatic rings. The summed E-state index contributed by atoms with van der Waals surface area (Å²) in [7, 11) is 0. The highest BCUT2D eigenvalue weighted by Gasteiger charge is 1.99. The van der Waals surface area contributed by atoms with Crippen molar-refractivity contribution in [1.29, 1.82) is 0 Å². The first-order chi connectivity index (χ1) is 8.31. The summed E-state index contributed by atoms with van der Waals surface area (Å²) in [6, 6.07) is 7.92. The summed E-state index contributed by atoms with van der Waals surface area (Å²) in [4.78, 5) is 15.4. The van der Waals surface area contributed by atoms with E-state index in [1.807, 2.05) is 24.3 Å². The summed E-state index contributed by atoms with van der Waals surface area (Å²) in [5.74, 6) is -0.333. The van der Waals surface area contributed by atoms with E-state index >= 15 is 0 Å². The topological polar surface area (TPSA) is 39.2 Å². The van der Waals surface area contributed by atoms with Crippen LogP contribution in [-0.2, 0) is 9.53 Å². The van der Waals surface area contributed by atoms with Gasteiger partial charge in [0.15, 0.2) is 0 Å². The third-order valence-electron chi connectivity index (χ3n) is 2.38. The molecular weight excluding hydrogens is 214 g/mol. The first-order valence-electron chi connectivity index (χ1n) is 5.49. The monoisotopic (exact) mass is 227 g/mol. The molecule has 0 aliphatic heterocycles. The second-order valence-electron chi connectivity index (χ2n) is 3.54. The number of carbonyl (C=O) groups is 1. The Kier molecular flexibility index (Phi) is 3.50. The molecular formula is C14H13NO2. The minimum atomic E-state index is -0.333. The van der Waals surface area contributed by atoms with Gasteiger partial charge >= 0.3 is 5.97 Å². The van der Waals surface area contributed by atoms with E-state index in [1.165, 1.54) is 6.08 Å². The molecule has 1 aromatic carbocycles. The van der Waals surface area contributed by atoms with Crippen LogP contribution in [-0.4, -0.2) is 17.6 Å². The van der Waals surface area contributed by atoms with Crippen molar-refractivity contribution in [3.05, 3.63) is 48.3 Å². The van der Waals surface area contributed by atoms with Crippen molar-refractivity contribution in [2.45, 2.75) is 6.92 Å².